The molecular formula is C17H27NO2S. The van der Waals surface area contributed by atoms with Gasteiger partial charge in [-0.2, -0.15) is 11.8 Å². The molecule has 2 rings (SSSR count). The molecule has 0 aromatic carbocycles. The van der Waals surface area contributed by atoms with Crippen LogP contribution in [0.2, 0.25) is 0 Å². The SMILES string of the molecule is C/C1=C\[C@H]2OC(=O)[C@H](CSCCN)[C@@H]2CC/C(C)=C/CC1. The van der Waals surface area contributed by atoms with E-state index >= 15 is 0 Å². The Kier molecular flexibility index (Phi) is 6.37. The first-order valence-corrected chi connectivity index (χ1v) is 9.08. The van der Waals surface area contributed by atoms with Crippen LogP contribution in [0.15, 0.2) is 23.3 Å². The normalized spacial score (nSPS) is 35.2. The number of carbonyl (C=O) groups excluding carboxylic acids is 1. The molecule has 0 bridgehead atoms. The van der Waals surface area contributed by atoms with Gasteiger partial charge in [0.1, 0.15) is 6.10 Å². The first-order valence-electron chi connectivity index (χ1n) is 7.93. The fraction of sp³-hybridized carbons (Fsp3) is 0.706. The third-order valence-corrected chi connectivity index (χ3v) is 5.52. The monoisotopic (exact) mass is 309 g/mol. The number of allylic oxidation sites excluding steroid dienone is 3. The molecule has 1 fully saturated rings. The fourth-order valence-electron chi connectivity index (χ4n) is 3.13. The molecule has 3 nitrogen and oxygen atoms in total. The highest BCUT2D eigenvalue weighted by Crippen LogP contribution is 2.37. The molecule has 4 heteroatoms. The van der Waals surface area contributed by atoms with Crippen LogP contribution >= 0.6 is 11.8 Å². The Bertz CT molecular complexity index is 431. The van der Waals surface area contributed by atoms with Crippen LogP contribution in [0.1, 0.15) is 39.5 Å². The van der Waals surface area contributed by atoms with Crippen molar-refractivity contribution in [2.75, 3.05) is 18.1 Å². The molecule has 3 atom stereocenters. The van der Waals surface area contributed by atoms with Crippen LogP contribution in [0.5, 0.6) is 0 Å². The number of nitrogens with two attached hydrogens (primary N) is 1. The van der Waals surface area contributed by atoms with E-state index in [-0.39, 0.29) is 18.0 Å². The molecule has 0 spiro atoms. The summed E-state index contributed by atoms with van der Waals surface area (Å²) in [5.41, 5.74) is 8.32. The number of rotatable bonds is 4. The Morgan fingerprint density at radius 1 is 1.33 bits per heavy atom. The quantitative estimate of drug-likeness (QED) is 0.492. The second kappa shape index (κ2) is 8.04. The van der Waals surface area contributed by atoms with Gasteiger partial charge in [-0.1, -0.05) is 17.2 Å². The average Bonchev–Trinajstić information content (AvgIpc) is 2.72. The van der Waals surface area contributed by atoms with Crippen molar-refractivity contribution in [2.45, 2.75) is 45.6 Å². The number of ether oxygens (including phenoxy) is 1. The summed E-state index contributed by atoms with van der Waals surface area (Å²) in [7, 11) is 0. The minimum atomic E-state index is -0.0214. The zero-order valence-corrected chi connectivity index (χ0v) is 14.0. The summed E-state index contributed by atoms with van der Waals surface area (Å²) >= 11 is 1.77. The minimum absolute atomic E-state index is 0.0144. The smallest absolute Gasteiger partial charge is 0.310 e. The van der Waals surface area contributed by atoms with E-state index in [1.165, 1.54) is 11.1 Å². The average molecular weight is 309 g/mol. The van der Waals surface area contributed by atoms with Crippen molar-refractivity contribution >= 4 is 17.7 Å². The third-order valence-electron chi connectivity index (χ3n) is 4.41. The highest BCUT2D eigenvalue weighted by molar-refractivity contribution is 7.99. The van der Waals surface area contributed by atoms with Crippen molar-refractivity contribution in [3.05, 3.63) is 23.3 Å². The molecule has 2 N–H and O–H groups in total. The summed E-state index contributed by atoms with van der Waals surface area (Å²) in [6.07, 6.45) is 8.77. The second-order valence-corrected chi connectivity index (χ2v) is 7.33. The lowest BCUT2D eigenvalue weighted by Crippen LogP contribution is -2.23. The molecule has 1 aliphatic carbocycles. The van der Waals surface area contributed by atoms with Gasteiger partial charge in [0.15, 0.2) is 0 Å². The van der Waals surface area contributed by atoms with E-state index in [0.29, 0.717) is 12.5 Å². The van der Waals surface area contributed by atoms with E-state index in [0.717, 1.165) is 37.2 Å². The Morgan fingerprint density at radius 3 is 2.90 bits per heavy atom. The van der Waals surface area contributed by atoms with Crippen LogP contribution < -0.4 is 5.73 Å². The van der Waals surface area contributed by atoms with E-state index in [1.807, 2.05) is 0 Å². The molecule has 0 aromatic heterocycles. The standard InChI is InChI=1S/C17H27NO2S/c1-12-4-3-5-13(2)10-16-14(7-6-12)15(17(19)20-16)11-21-9-8-18/h4,10,14-16H,3,5-9,11,18H2,1-2H3/b12-4+,13-10+/t14-,15+,16+/m0/s1. The number of hydrogen-bond acceptors (Lipinski definition) is 4. The third kappa shape index (κ3) is 4.62. The van der Waals surface area contributed by atoms with Gasteiger partial charge in [0.2, 0.25) is 0 Å². The van der Waals surface area contributed by atoms with Crippen LogP contribution in [0.4, 0.5) is 0 Å². The first kappa shape index (κ1) is 16.6. The number of carbonyl (C=O) groups is 1. The number of esters is 1. The van der Waals surface area contributed by atoms with Crippen LogP contribution in [-0.4, -0.2) is 30.1 Å². The Balaban J connectivity index is 2.11. The Morgan fingerprint density at radius 2 is 2.14 bits per heavy atom. The van der Waals surface area contributed by atoms with Crippen molar-refractivity contribution in [1.82, 2.24) is 0 Å². The van der Waals surface area contributed by atoms with Crippen LogP contribution in [0.25, 0.3) is 0 Å². The van der Waals surface area contributed by atoms with E-state index in [9.17, 15) is 4.79 Å². The van der Waals surface area contributed by atoms with Crippen LogP contribution in [0, 0.1) is 11.8 Å². The van der Waals surface area contributed by atoms with E-state index in [1.54, 1.807) is 11.8 Å². The van der Waals surface area contributed by atoms with Crippen molar-refractivity contribution in [3.63, 3.8) is 0 Å². The molecular weight excluding hydrogens is 282 g/mol. The molecule has 21 heavy (non-hydrogen) atoms. The van der Waals surface area contributed by atoms with Gasteiger partial charge in [0, 0.05) is 24.0 Å². The molecule has 2 aliphatic rings. The molecule has 1 aliphatic heterocycles. The number of thioether (sulfide) groups is 1. The van der Waals surface area contributed by atoms with Gasteiger partial charge in [-0.15, -0.1) is 0 Å². The molecule has 0 unspecified atom stereocenters. The summed E-state index contributed by atoms with van der Waals surface area (Å²) in [5, 5.41) is 0. The lowest BCUT2D eigenvalue weighted by atomic mass is 9.84. The molecule has 0 aromatic rings. The van der Waals surface area contributed by atoms with Crippen molar-refractivity contribution < 1.29 is 9.53 Å². The summed E-state index contributed by atoms with van der Waals surface area (Å²) in [5.74, 6) is 2.09. The highest BCUT2D eigenvalue weighted by Gasteiger charge is 2.42. The van der Waals surface area contributed by atoms with Crippen molar-refractivity contribution in [2.24, 2.45) is 17.6 Å². The lowest BCUT2D eigenvalue weighted by molar-refractivity contribution is -0.142. The van der Waals surface area contributed by atoms with Crippen molar-refractivity contribution in [3.8, 4) is 0 Å². The molecule has 0 radical (unpaired) electrons. The predicted octanol–water partition coefficient (Wildman–Crippen LogP) is 3.30. The molecule has 118 valence electrons. The van der Waals surface area contributed by atoms with Gasteiger partial charge in [-0.05, 0) is 45.6 Å². The van der Waals surface area contributed by atoms with Crippen LogP contribution in [-0.2, 0) is 9.53 Å². The zero-order chi connectivity index (χ0) is 15.2. The summed E-state index contributed by atoms with van der Waals surface area (Å²) < 4.78 is 5.67. The molecule has 0 amide bonds. The first-order chi connectivity index (χ1) is 10.1. The lowest BCUT2D eigenvalue weighted by Gasteiger charge is -2.20. The van der Waals surface area contributed by atoms with E-state index in [2.05, 4.69) is 26.0 Å². The fourth-order valence-corrected chi connectivity index (χ4v) is 4.10. The van der Waals surface area contributed by atoms with Gasteiger partial charge in [0.05, 0.1) is 5.92 Å². The second-order valence-electron chi connectivity index (χ2n) is 6.18. The number of hydrogen-bond donors (Lipinski definition) is 1. The molecule has 0 saturated carbocycles. The van der Waals surface area contributed by atoms with Gasteiger partial charge in [-0.25, -0.2) is 0 Å². The zero-order valence-electron chi connectivity index (χ0n) is 13.1. The van der Waals surface area contributed by atoms with E-state index in [4.69, 9.17) is 10.5 Å². The maximum absolute atomic E-state index is 12.2. The van der Waals surface area contributed by atoms with Gasteiger partial charge in [-0.3, -0.25) is 4.79 Å². The van der Waals surface area contributed by atoms with Crippen molar-refractivity contribution in [1.29, 1.82) is 0 Å². The Hall–Kier alpha value is -0.740. The maximum Gasteiger partial charge on any atom is 0.310 e. The maximum atomic E-state index is 12.2. The summed E-state index contributed by atoms with van der Waals surface area (Å²) in [6, 6.07) is 0. The Labute approximate surface area is 132 Å². The summed E-state index contributed by atoms with van der Waals surface area (Å²) in [6.45, 7) is 5.01. The van der Waals surface area contributed by atoms with Gasteiger partial charge >= 0.3 is 5.97 Å². The van der Waals surface area contributed by atoms with Gasteiger partial charge < -0.3 is 10.5 Å². The molecule has 1 heterocycles. The highest BCUT2D eigenvalue weighted by atomic mass is 32.2. The van der Waals surface area contributed by atoms with E-state index < -0.39 is 0 Å². The largest absolute Gasteiger partial charge is 0.458 e. The minimum Gasteiger partial charge on any atom is -0.458 e. The predicted molar refractivity (Wildman–Crippen MR) is 89.2 cm³/mol. The van der Waals surface area contributed by atoms with Crippen LogP contribution in [0.3, 0.4) is 0 Å². The topological polar surface area (TPSA) is 52.3 Å². The summed E-state index contributed by atoms with van der Waals surface area (Å²) in [4.78, 5) is 12.2. The van der Waals surface area contributed by atoms with Gasteiger partial charge in [0.25, 0.3) is 0 Å². The molecule has 1 saturated heterocycles. The number of fused-ring (bicyclic) bond motifs is 1.